The first-order chi connectivity index (χ1) is 7.78. The van der Waals surface area contributed by atoms with Crippen molar-refractivity contribution < 1.29 is 13.2 Å². The highest BCUT2D eigenvalue weighted by atomic mass is 32.2. The molecule has 1 N–H and O–H groups in total. The van der Waals surface area contributed by atoms with Gasteiger partial charge in [0.2, 0.25) is 0 Å². The molecule has 6 heteroatoms. The second-order valence-electron chi connectivity index (χ2n) is 5.58. The third kappa shape index (κ3) is 1.78. The van der Waals surface area contributed by atoms with Gasteiger partial charge in [-0.1, -0.05) is 6.92 Å². The lowest BCUT2D eigenvalue weighted by Crippen LogP contribution is -2.68. The molecule has 2 rings (SSSR count). The Morgan fingerprint density at radius 2 is 2.12 bits per heavy atom. The molecule has 2 aliphatic heterocycles. The number of piperidine rings is 1. The van der Waals surface area contributed by atoms with Crippen molar-refractivity contribution in [1.82, 2.24) is 9.62 Å². The lowest BCUT2D eigenvalue weighted by Gasteiger charge is -2.45. The van der Waals surface area contributed by atoms with E-state index in [-0.39, 0.29) is 11.8 Å². The van der Waals surface area contributed by atoms with E-state index in [4.69, 9.17) is 0 Å². The molecule has 0 aromatic carbocycles. The van der Waals surface area contributed by atoms with Crippen molar-refractivity contribution in [2.24, 2.45) is 11.8 Å². The van der Waals surface area contributed by atoms with Crippen LogP contribution in [0.3, 0.4) is 0 Å². The van der Waals surface area contributed by atoms with E-state index in [0.717, 1.165) is 23.8 Å². The molecule has 0 aliphatic carbocycles. The maximum Gasteiger partial charge on any atom is 0.258 e. The topological polar surface area (TPSA) is 66.5 Å². The lowest BCUT2D eigenvalue weighted by atomic mass is 9.88. The molecule has 5 nitrogen and oxygen atoms in total. The van der Waals surface area contributed by atoms with Gasteiger partial charge in [0, 0.05) is 6.54 Å². The molecule has 2 unspecified atom stereocenters. The van der Waals surface area contributed by atoms with E-state index in [1.807, 2.05) is 0 Å². The number of carbonyl (C=O) groups is 1. The van der Waals surface area contributed by atoms with Crippen LogP contribution in [0.15, 0.2) is 0 Å². The molecular weight excluding hydrogens is 240 g/mol. The average Bonchev–Trinajstić information content (AvgIpc) is 2.26. The van der Waals surface area contributed by atoms with Crippen LogP contribution in [0.4, 0.5) is 0 Å². The number of carbonyl (C=O) groups excluding carboxylic acids is 1. The summed E-state index contributed by atoms with van der Waals surface area (Å²) in [5.41, 5.74) is 0. The van der Waals surface area contributed by atoms with Gasteiger partial charge >= 0.3 is 0 Å². The Hall–Kier alpha value is -0.620. The minimum atomic E-state index is -3.42. The second kappa shape index (κ2) is 3.95. The van der Waals surface area contributed by atoms with Crippen molar-refractivity contribution in [2.75, 3.05) is 19.6 Å². The summed E-state index contributed by atoms with van der Waals surface area (Å²) < 4.78 is 23.7. The van der Waals surface area contributed by atoms with E-state index < -0.39 is 14.8 Å². The Kier molecular flexibility index (Phi) is 2.98. The molecule has 2 heterocycles. The number of nitrogens with zero attached hydrogens (tertiary/aromatic N) is 1. The summed E-state index contributed by atoms with van der Waals surface area (Å²) in [4.78, 5) is 11.8. The van der Waals surface area contributed by atoms with Gasteiger partial charge in [0.05, 0.1) is 0 Å². The Morgan fingerprint density at radius 3 is 2.65 bits per heavy atom. The van der Waals surface area contributed by atoms with Crippen LogP contribution in [-0.2, 0) is 14.8 Å². The van der Waals surface area contributed by atoms with E-state index in [0.29, 0.717) is 12.5 Å². The van der Waals surface area contributed by atoms with Crippen molar-refractivity contribution in [2.45, 2.75) is 31.9 Å². The van der Waals surface area contributed by atoms with Gasteiger partial charge in [-0.25, -0.2) is 12.7 Å². The van der Waals surface area contributed by atoms with Crippen LogP contribution in [0.5, 0.6) is 0 Å². The number of hydrogen-bond acceptors (Lipinski definition) is 4. The number of rotatable bonds is 2. The van der Waals surface area contributed by atoms with Crippen LogP contribution >= 0.6 is 0 Å². The molecule has 0 radical (unpaired) electrons. The Balaban J connectivity index is 2.08. The van der Waals surface area contributed by atoms with Crippen LogP contribution in [0.25, 0.3) is 0 Å². The van der Waals surface area contributed by atoms with Crippen molar-refractivity contribution >= 4 is 15.9 Å². The van der Waals surface area contributed by atoms with E-state index in [1.54, 1.807) is 0 Å². The maximum atomic E-state index is 11.9. The summed E-state index contributed by atoms with van der Waals surface area (Å²) in [6, 6.07) is 0. The van der Waals surface area contributed by atoms with Crippen LogP contribution in [-0.4, -0.2) is 43.0 Å². The summed E-state index contributed by atoms with van der Waals surface area (Å²) in [7, 11) is -3.42. The molecular formula is C11H20N2O3S. The summed E-state index contributed by atoms with van der Waals surface area (Å²) in [5.74, 6) is 0.428. The van der Waals surface area contributed by atoms with Gasteiger partial charge in [-0.05, 0) is 45.2 Å². The molecule has 1 amide bonds. The fourth-order valence-corrected chi connectivity index (χ4v) is 4.03. The molecule has 2 saturated heterocycles. The van der Waals surface area contributed by atoms with Crippen LogP contribution in [0.1, 0.15) is 27.2 Å². The predicted octanol–water partition coefficient (Wildman–Crippen LogP) is 0.183. The monoisotopic (exact) mass is 260 g/mol. The molecule has 0 spiro atoms. The summed E-state index contributed by atoms with van der Waals surface area (Å²) in [5, 5.41) is 3.25. The zero-order valence-electron chi connectivity index (χ0n) is 10.6. The average molecular weight is 260 g/mol. The molecule has 17 heavy (non-hydrogen) atoms. The van der Waals surface area contributed by atoms with Crippen molar-refractivity contribution in [3.05, 3.63) is 0 Å². The molecule has 0 aromatic rings. The summed E-state index contributed by atoms with van der Waals surface area (Å²) in [6.07, 6.45) is 1.04. The third-order valence-electron chi connectivity index (χ3n) is 4.06. The van der Waals surface area contributed by atoms with Gasteiger partial charge in [-0.2, -0.15) is 0 Å². The smallest absolute Gasteiger partial charge is 0.258 e. The van der Waals surface area contributed by atoms with Gasteiger partial charge in [0.25, 0.3) is 15.9 Å². The Bertz CT molecular complexity index is 430. The van der Waals surface area contributed by atoms with Gasteiger partial charge in [-0.15, -0.1) is 0 Å². The summed E-state index contributed by atoms with van der Waals surface area (Å²) in [6.45, 7) is 7.17. The number of hydrogen-bond donors (Lipinski definition) is 1. The minimum absolute atomic E-state index is 0.235. The first kappa shape index (κ1) is 12.8. The van der Waals surface area contributed by atoms with Crippen LogP contribution < -0.4 is 5.32 Å². The largest absolute Gasteiger partial charge is 0.316 e. The number of amides is 1. The fourth-order valence-electron chi connectivity index (χ4n) is 2.45. The van der Waals surface area contributed by atoms with Crippen LogP contribution in [0.2, 0.25) is 0 Å². The summed E-state index contributed by atoms with van der Waals surface area (Å²) >= 11 is 0. The lowest BCUT2D eigenvalue weighted by molar-refractivity contribution is -0.132. The van der Waals surface area contributed by atoms with E-state index in [2.05, 4.69) is 12.2 Å². The Labute approximate surface area is 103 Å². The Morgan fingerprint density at radius 1 is 1.47 bits per heavy atom. The molecule has 98 valence electrons. The van der Waals surface area contributed by atoms with Crippen LogP contribution in [0, 0.1) is 11.8 Å². The molecule has 2 atom stereocenters. The normalized spacial score (nSPS) is 35.5. The number of sulfonamides is 1. The first-order valence-electron chi connectivity index (χ1n) is 6.06. The first-order valence-corrected chi connectivity index (χ1v) is 7.50. The maximum absolute atomic E-state index is 11.9. The molecule has 2 fully saturated rings. The van der Waals surface area contributed by atoms with Crippen molar-refractivity contribution in [3.8, 4) is 0 Å². The third-order valence-corrected chi connectivity index (χ3v) is 6.42. The van der Waals surface area contributed by atoms with Gasteiger partial charge in [0.15, 0.2) is 4.75 Å². The van der Waals surface area contributed by atoms with Crippen molar-refractivity contribution in [1.29, 1.82) is 0 Å². The molecule has 0 bridgehead atoms. The molecule has 0 aromatic heterocycles. The minimum Gasteiger partial charge on any atom is -0.316 e. The second-order valence-corrected chi connectivity index (χ2v) is 7.99. The number of nitrogens with one attached hydrogen (secondary N) is 1. The molecule has 0 saturated carbocycles. The van der Waals surface area contributed by atoms with Gasteiger partial charge in [0.1, 0.15) is 0 Å². The standard InChI is InChI=1S/C11H20N2O3S/c1-8-4-5-12-6-9(8)7-13-10(14)11(2,3)17(13,15)16/h8-9,12H,4-7H2,1-3H3. The highest BCUT2D eigenvalue weighted by Gasteiger charge is 2.60. The zero-order chi connectivity index (χ0) is 12.8. The van der Waals surface area contributed by atoms with E-state index in [9.17, 15) is 13.2 Å². The van der Waals surface area contributed by atoms with Gasteiger partial charge < -0.3 is 5.32 Å². The molecule has 2 aliphatic rings. The van der Waals surface area contributed by atoms with Gasteiger partial charge in [-0.3, -0.25) is 4.79 Å². The quantitative estimate of drug-likeness (QED) is 0.769. The fraction of sp³-hybridized carbons (Fsp3) is 0.909. The van der Waals surface area contributed by atoms with E-state index >= 15 is 0 Å². The SMILES string of the molecule is CC1CCNCC1CN1C(=O)C(C)(C)S1(=O)=O. The predicted molar refractivity (Wildman–Crippen MR) is 64.9 cm³/mol. The zero-order valence-corrected chi connectivity index (χ0v) is 11.4. The van der Waals surface area contributed by atoms with E-state index in [1.165, 1.54) is 13.8 Å². The van der Waals surface area contributed by atoms with Crippen molar-refractivity contribution in [3.63, 3.8) is 0 Å². The highest BCUT2D eigenvalue weighted by molar-refractivity contribution is 7.94. The highest BCUT2D eigenvalue weighted by Crippen LogP contribution is 2.36.